The number of benzene rings is 2. The SMILES string of the molecule is Cc1cccc(S(=O)(=O)Nc2ccc3c(c2)C(=O)N(C2CCC(=O)NC2=O)C3=O)c1OC(F)F. The monoisotopic (exact) mass is 493 g/mol. The average molecular weight is 493 g/mol. The number of amides is 4. The van der Waals surface area contributed by atoms with Crippen LogP contribution < -0.4 is 14.8 Å². The molecule has 0 bridgehead atoms. The van der Waals surface area contributed by atoms with Crippen molar-refractivity contribution in [1.29, 1.82) is 0 Å². The van der Waals surface area contributed by atoms with Gasteiger partial charge in [0.15, 0.2) is 0 Å². The van der Waals surface area contributed by atoms with E-state index in [1.807, 2.05) is 0 Å². The molecule has 2 aromatic rings. The third-order valence-electron chi connectivity index (χ3n) is 5.36. The molecule has 1 atom stereocenters. The number of imide groups is 2. The number of ether oxygens (including phenoxy) is 1. The molecule has 0 aromatic heterocycles. The number of aryl methyl sites for hydroxylation is 1. The number of nitrogens with zero attached hydrogens (tertiary/aromatic N) is 1. The molecule has 0 radical (unpaired) electrons. The van der Waals surface area contributed by atoms with E-state index in [1.165, 1.54) is 31.2 Å². The third kappa shape index (κ3) is 4.09. The molecule has 10 nitrogen and oxygen atoms in total. The topological polar surface area (TPSA) is 139 Å². The van der Waals surface area contributed by atoms with Crippen LogP contribution in [0.2, 0.25) is 0 Å². The zero-order valence-electron chi connectivity index (χ0n) is 17.5. The molecule has 0 spiro atoms. The first-order valence-corrected chi connectivity index (χ1v) is 11.4. The van der Waals surface area contributed by atoms with Gasteiger partial charge in [-0.2, -0.15) is 8.78 Å². The Bertz CT molecular complexity index is 1340. The molecule has 0 saturated carbocycles. The minimum atomic E-state index is -4.43. The molecule has 0 aliphatic carbocycles. The lowest BCUT2D eigenvalue weighted by Crippen LogP contribution is -2.54. The van der Waals surface area contributed by atoms with Crippen LogP contribution in [0.25, 0.3) is 0 Å². The number of nitrogens with one attached hydrogen (secondary N) is 2. The van der Waals surface area contributed by atoms with E-state index >= 15 is 0 Å². The van der Waals surface area contributed by atoms with Crippen LogP contribution in [0.1, 0.15) is 39.1 Å². The van der Waals surface area contributed by atoms with Crippen molar-refractivity contribution in [3.8, 4) is 5.75 Å². The first-order valence-electron chi connectivity index (χ1n) is 9.92. The fourth-order valence-electron chi connectivity index (χ4n) is 3.82. The molecule has 2 aromatic carbocycles. The number of carbonyl (C=O) groups is 4. The summed E-state index contributed by atoms with van der Waals surface area (Å²) in [6.45, 7) is -1.85. The quantitative estimate of drug-likeness (QED) is 0.585. The molecular formula is C21H17F2N3O7S. The normalized spacial score (nSPS) is 18.2. The maximum atomic E-state index is 12.9. The van der Waals surface area contributed by atoms with Gasteiger partial charge in [0.05, 0.1) is 11.1 Å². The second kappa shape index (κ2) is 8.48. The van der Waals surface area contributed by atoms with E-state index in [9.17, 15) is 36.4 Å². The van der Waals surface area contributed by atoms with Crippen molar-refractivity contribution in [2.45, 2.75) is 37.3 Å². The second-order valence-electron chi connectivity index (χ2n) is 7.59. The summed E-state index contributed by atoms with van der Waals surface area (Å²) in [6, 6.07) is 6.21. The fraction of sp³-hybridized carbons (Fsp3) is 0.238. The maximum Gasteiger partial charge on any atom is 0.387 e. The number of alkyl halides is 2. The van der Waals surface area contributed by atoms with Crippen LogP contribution in [-0.4, -0.2) is 49.6 Å². The summed E-state index contributed by atoms with van der Waals surface area (Å²) in [4.78, 5) is 49.4. The number of halogens is 2. The van der Waals surface area contributed by atoms with Gasteiger partial charge in [-0.25, -0.2) is 8.42 Å². The highest BCUT2D eigenvalue weighted by Gasteiger charge is 2.44. The number of para-hydroxylation sites is 1. The fourth-order valence-corrected chi connectivity index (χ4v) is 5.08. The van der Waals surface area contributed by atoms with Crippen LogP contribution in [0.4, 0.5) is 14.5 Å². The zero-order valence-corrected chi connectivity index (χ0v) is 18.3. The maximum absolute atomic E-state index is 12.9. The van der Waals surface area contributed by atoms with Crippen molar-refractivity contribution >= 4 is 39.3 Å². The Labute approximate surface area is 191 Å². The lowest BCUT2D eigenvalue weighted by Gasteiger charge is -2.27. The first-order chi connectivity index (χ1) is 16.0. The molecule has 13 heteroatoms. The van der Waals surface area contributed by atoms with Gasteiger partial charge in [0.25, 0.3) is 21.8 Å². The minimum Gasteiger partial charge on any atom is -0.433 e. The molecule has 34 heavy (non-hydrogen) atoms. The summed E-state index contributed by atoms with van der Waals surface area (Å²) in [5.41, 5.74) is -0.148. The Hall–Kier alpha value is -3.87. The highest BCUT2D eigenvalue weighted by atomic mass is 32.2. The highest BCUT2D eigenvalue weighted by Crippen LogP contribution is 2.33. The number of hydrogen-bond acceptors (Lipinski definition) is 7. The highest BCUT2D eigenvalue weighted by molar-refractivity contribution is 7.92. The van der Waals surface area contributed by atoms with E-state index in [0.717, 1.165) is 17.0 Å². The van der Waals surface area contributed by atoms with E-state index in [-0.39, 0.29) is 35.2 Å². The Morgan fingerprint density at radius 3 is 2.47 bits per heavy atom. The number of rotatable bonds is 6. The lowest BCUT2D eigenvalue weighted by molar-refractivity contribution is -0.136. The Morgan fingerprint density at radius 1 is 1.09 bits per heavy atom. The summed E-state index contributed by atoms with van der Waals surface area (Å²) in [7, 11) is -4.43. The number of sulfonamides is 1. The number of piperidine rings is 1. The molecule has 2 heterocycles. The predicted octanol–water partition coefficient (Wildman–Crippen LogP) is 1.80. The van der Waals surface area contributed by atoms with E-state index in [0.29, 0.717) is 0 Å². The molecule has 4 amide bonds. The van der Waals surface area contributed by atoms with Crippen LogP contribution in [0.3, 0.4) is 0 Å². The summed E-state index contributed by atoms with van der Waals surface area (Å²) in [6.07, 6.45) is -0.0791. The summed E-state index contributed by atoms with van der Waals surface area (Å²) >= 11 is 0. The Balaban J connectivity index is 1.64. The summed E-state index contributed by atoms with van der Waals surface area (Å²) < 4.78 is 58.0. The third-order valence-corrected chi connectivity index (χ3v) is 6.77. The average Bonchev–Trinajstić information content (AvgIpc) is 2.99. The molecule has 2 aliphatic heterocycles. The van der Waals surface area contributed by atoms with Gasteiger partial charge in [-0.1, -0.05) is 12.1 Å². The van der Waals surface area contributed by atoms with Gasteiger partial charge in [-0.05, 0) is 43.2 Å². The van der Waals surface area contributed by atoms with E-state index in [1.54, 1.807) is 0 Å². The van der Waals surface area contributed by atoms with Gasteiger partial charge in [0, 0.05) is 12.1 Å². The number of carbonyl (C=O) groups excluding carboxylic acids is 4. The lowest BCUT2D eigenvalue weighted by atomic mass is 10.0. The van der Waals surface area contributed by atoms with Crippen LogP contribution in [0.5, 0.6) is 5.75 Å². The number of hydrogen-bond donors (Lipinski definition) is 2. The van der Waals surface area contributed by atoms with E-state index in [2.05, 4.69) is 14.8 Å². The van der Waals surface area contributed by atoms with Crippen molar-refractivity contribution in [2.75, 3.05) is 4.72 Å². The zero-order chi connectivity index (χ0) is 24.8. The summed E-state index contributed by atoms with van der Waals surface area (Å²) in [5.74, 6) is -3.40. The van der Waals surface area contributed by atoms with Crippen LogP contribution in [0, 0.1) is 6.92 Å². The minimum absolute atomic E-state index is 0.0319. The molecular weight excluding hydrogens is 476 g/mol. The first kappa shape index (κ1) is 23.3. The van der Waals surface area contributed by atoms with Crippen molar-refractivity contribution in [2.24, 2.45) is 0 Å². The molecule has 1 fully saturated rings. The van der Waals surface area contributed by atoms with Gasteiger partial charge in [-0.15, -0.1) is 0 Å². The smallest absolute Gasteiger partial charge is 0.387 e. The van der Waals surface area contributed by atoms with E-state index in [4.69, 9.17) is 0 Å². The van der Waals surface area contributed by atoms with Crippen molar-refractivity contribution in [1.82, 2.24) is 10.2 Å². The number of anilines is 1. The van der Waals surface area contributed by atoms with E-state index < -0.39 is 57.0 Å². The van der Waals surface area contributed by atoms with Gasteiger partial charge >= 0.3 is 6.61 Å². The summed E-state index contributed by atoms with van der Waals surface area (Å²) in [5, 5.41) is 2.08. The van der Waals surface area contributed by atoms with Crippen molar-refractivity contribution in [3.05, 3.63) is 53.1 Å². The van der Waals surface area contributed by atoms with Gasteiger partial charge in [0.2, 0.25) is 11.8 Å². The standard InChI is InChI=1S/C21H17F2N3O7S/c1-10-3-2-4-15(17(10)33-21(22)23)34(31,32)25-11-5-6-12-13(9-11)20(30)26(19(12)29)14-7-8-16(27)24-18(14)28/h2-6,9,14,21,25H,7-8H2,1H3,(H,24,27,28). The molecule has 1 unspecified atom stereocenters. The van der Waals surface area contributed by atoms with Crippen molar-refractivity contribution in [3.63, 3.8) is 0 Å². The Morgan fingerprint density at radius 2 is 1.79 bits per heavy atom. The molecule has 178 valence electrons. The predicted molar refractivity (Wildman–Crippen MR) is 112 cm³/mol. The largest absolute Gasteiger partial charge is 0.433 e. The van der Waals surface area contributed by atoms with Gasteiger partial charge < -0.3 is 4.74 Å². The molecule has 1 saturated heterocycles. The van der Waals surface area contributed by atoms with Gasteiger partial charge in [-0.3, -0.25) is 34.1 Å². The van der Waals surface area contributed by atoms with Crippen LogP contribution in [-0.2, 0) is 19.6 Å². The second-order valence-corrected chi connectivity index (χ2v) is 9.24. The van der Waals surface area contributed by atoms with Crippen LogP contribution in [0.15, 0.2) is 41.3 Å². The molecule has 2 N–H and O–H groups in total. The number of fused-ring (bicyclic) bond motifs is 1. The van der Waals surface area contributed by atoms with Gasteiger partial charge in [0.1, 0.15) is 16.7 Å². The molecule has 4 rings (SSSR count). The molecule has 2 aliphatic rings. The Kier molecular flexibility index (Phi) is 5.81. The van der Waals surface area contributed by atoms with Crippen molar-refractivity contribution < 1.29 is 41.1 Å². The van der Waals surface area contributed by atoms with Crippen LogP contribution >= 0.6 is 0 Å².